The molecule has 1 unspecified atom stereocenters. The highest BCUT2D eigenvalue weighted by molar-refractivity contribution is 8.24. The van der Waals surface area contributed by atoms with E-state index in [1.54, 1.807) is 0 Å². The zero-order valence-corrected chi connectivity index (χ0v) is 15.1. The largest absolute Gasteiger partial charge is 0.800 e. The normalized spacial score (nSPS) is 20.1. The Balaban J connectivity index is 1.82. The molecule has 1 saturated heterocycles. The van der Waals surface area contributed by atoms with E-state index in [4.69, 9.17) is 4.74 Å². The number of benzene rings is 1. The number of ether oxygens (including phenoxy) is 1. The van der Waals surface area contributed by atoms with Gasteiger partial charge >= 0.3 is 0 Å². The summed E-state index contributed by atoms with van der Waals surface area (Å²) >= 11 is 0. The number of nitrogens with zero attached hydrogens (tertiary/aromatic N) is 1. The molecule has 0 N–H and O–H groups in total. The zero-order valence-electron chi connectivity index (χ0n) is 14.3. The van der Waals surface area contributed by atoms with Crippen LogP contribution in [0.1, 0.15) is 39.5 Å². The van der Waals surface area contributed by atoms with E-state index in [-0.39, 0.29) is 11.5 Å². The van der Waals surface area contributed by atoms with E-state index in [9.17, 15) is 9.11 Å². The van der Waals surface area contributed by atoms with E-state index in [2.05, 4.69) is 18.7 Å². The molecule has 1 aromatic carbocycles. The number of rotatable bonds is 8. The lowest BCUT2D eigenvalue weighted by Gasteiger charge is -2.64. The molecule has 1 aliphatic rings. The van der Waals surface area contributed by atoms with Crippen molar-refractivity contribution in [2.24, 2.45) is 5.92 Å². The third-order valence-corrected chi connectivity index (χ3v) is 6.18. The first-order valence-corrected chi connectivity index (χ1v) is 10.5. The molecule has 0 spiro atoms. The molecular formula is C18H29NO3S-2. The minimum Gasteiger partial charge on any atom is -0.800 e. The molecule has 0 saturated carbocycles. The predicted molar refractivity (Wildman–Crippen MR) is 96.3 cm³/mol. The Morgan fingerprint density at radius 2 is 1.78 bits per heavy atom. The molecule has 1 aromatic rings. The van der Waals surface area contributed by atoms with Crippen LogP contribution in [0.25, 0.3) is 0 Å². The van der Waals surface area contributed by atoms with Crippen LogP contribution in [0, 0.1) is 5.92 Å². The van der Waals surface area contributed by atoms with Gasteiger partial charge in [0.2, 0.25) is 0 Å². The second-order valence-corrected chi connectivity index (χ2v) is 8.66. The maximum Gasteiger partial charge on any atom is 0.119 e. The van der Waals surface area contributed by atoms with Gasteiger partial charge in [-0.05, 0) is 48.1 Å². The fraction of sp³-hybridized carbons (Fsp3) is 0.667. The van der Waals surface area contributed by atoms with Crippen LogP contribution in [0.4, 0.5) is 5.69 Å². The van der Waals surface area contributed by atoms with Gasteiger partial charge in [-0.1, -0.05) is 33.1 Å². The standard InChI is InChI=1S/C18H31NO3S/c1-3-5-6-16(4-2)15-22-18-9-7-17(8-10-18)19-11-13-23(20,21)14-12-19/h7-10,16,20-21H,3-6,11-15H2,1-2H3/p-2. The van der Waals surface area contributed by atoms with Crippen LogP contribution >= 0.6 is 10.6 Å². The van der Waals surface area contributed by atoms with Gasteiger partial charge in [0.05, 0.1) is 6.61 Å². The van der Waals surface area contributed by atoms with Crippen molar-refractivity contribution in [3.8, 4) is 5.75 Å². The maximum absolute atomic E-state index is 11.5. The fourth-order valence-corrected chi connectivity index (χ4v) is 4.04. The average Bonchev–Trinajstić information content (AvgIpc) is 2.56. The molecule has 0 bridgehead atoms. The van der Waals surface area contributed by atoms with E-state index >= 15 is 0 Å². The molecule has 1 atom stereocenters. The Morgan fingerprint density at radius 1 is 1.13 bits per heavy atom. The van der Waals surface area contributed by atoms with Crippen molar-refractivity contribution < 1.29 is 13.8 Å². The summed E-state index contributed by atoms with van der Waals surface area (Å²) in [5.41, 5.74) is 1.07. The second-order valence-electron chi connectivity index (χ2n) is 6.36. The van der Waals surface area contributed by atoms with E-state index in [1.165, 1.54) is 19.3 Å². The highest BCUT2D eigenvalue weighted by Crippen LogP contribution is 2.40. The first-order chi connectivity index (χ1) is 11.0. The number of hydrogen-bond acceptors (Lipinski definition) is 4. The number of anilines is 1. The second kappa shape index (κ2) is 8.81. The fourth-order valence-electron chi connectivity index (χ4n) is 2.84. The lowest BCUT2D eigenvalue weighted by molar-refractivity contribution is 0.233. The highest BCUT2D eigenvalue weighted by atomic mass is 32.3. The molecule has 132 valence electrons. The van der Waals surface area contributed by atoms with Gasteiger partial charge in [-0.25, -0.2) is 0 Å². The van der Waals surface area contributed by atoms with Gasteiger partial charge < -0.3 is 29.3 Å². The van der Waals surface area contributed by atoms with Crippen LogP contribution in [0.15, 0.2) is 24.3 Å². The predicted octanol–water partition coefficient (Wildman–Crippen LogP) is 4.17. The van der Waals surface area contributed by atoms with Crippen LogP contribution in [0.5, 0.6) is 5.75 Å². The SMILES string of the molecule is CCCCC(CC)COc1ccc(N2CCS([O-])([O-])CC2)cc1. The highest BCUT2D eigenvalue weighted by Gasteiger charge is 2.13. The summed E-state index contributed by atoms with van der Waals surface area (Å²) < 4.78 is 28.9. The van der Waals surface area contributed by atoms with Crippen LogP contribution in [0.2, 0.25) is 0 Å². The molecule has 2 rings (SSSR count). The maximum atomic E-state index is 11.5. The molecule has 23 heavy (non-hydrogen) atoms. The molecule has 0 amide bonds. The summed E-state index contributed by atoms with van der Waals surface area (Å²) in [6.45, 7) is 6.38. The molecule has 0 aliphatic carbocycles. The first kappa shape index (κ1) is 18.4. The summed E-state index contributed by atoms with van der Waals surface area (Å²) in [6.07, 6.45) is 4.88. The van der Waals surface area contributed by atoms with Gasteiger partial charge in [-0.2, -0.15) is 0 Å². The third kappa shape index (κ3) is 5.90. The molecular weight excluding hydrogens is 310 g/mol. The van der Waals surface area contributed by atoms with Crippen molar-refractivity contribution in [3.63, 3.8) is 0 Å². The topological polar surface area (TPSA) is 58.6 Å². The van der Waals surface area contributed by atoms with Crippen molar-refractivity contribution in [2.45, 2.75) is 39.5 Å². The van der Waals surface area contributed by atoms with Gasteiger partial charge in [-0.15, -0.1) is 0 Å². The van der Waals surface area contributed by atoms with Crippen LogP contribution in [-0.4, -0.2) is 40.3 Å². The molecule has 1 aliphatic heterocycles. The number of unbranched alkanes of at least 4 members (excludes halogenated alkanes) is 1. The third-order valence-electron chi connectivity index (χ3n) is 4.58. The lowest BCUT2D eigenvalue weighted by atomic mass is 10.0. The van der Waals surface area contributed by atoms with E-state index in [0.717, 1.165) is 24.5 Å². The Labute approximate surface area is 142 Å². The smallest absolute Gasteiger partial charge is 0.119 e. The minimum atomic E-state index is -2.83. The Kier molecular flexibility index (Phi) is 7.06. The summed E-state index contributed by atoms with van der Waals surface area (Å²) in [5, 5.41) is 0. The average molecular weight is 340 g/mol. The molecule has 4 nitrogen and oxygen atoms in total. The Bertz CT molecular complexity index is 454. The zero-order chi connectivity index (χ0) is 16.7. The molecule has 1 fully saturated rings. The van der Waals surface area contributed by atoms with Crippen molar-refractivity contribution in [2.75, 3.05) is 36.1 Å². The number of sulfone groups is 1. The van der Waals surface area contributed by atoms with Crippen molar-refractivity contribution in [1.29, 1.82) is 0 Å². The molecule has 0 radical (unpaired) electrons. The Hall–Kier alpha value is -0.910. The summed E-state index contributed by atoms with van der Waals surface area (Å²) in [5.74, 6) is 2.03. The Morgan fingerprint density at radius 3 is 2.35 bits per heavy atom. The van der Waals surface area contributed by atoms with Crippen LogP contribution in [0.3, 0.4) is 0 Å². The van der Waals surface area contributed by atoms with Crippen LogP contribution in [-0.2, 0) is 0 Å². The first-order valence-electron chi connectivity index (χ1n) is 8.72. The van der Waals surface area contributed by atoms with Gasteiger partial charge in [0.1, 0.15) is 5.75 Å². The van der Waals surface area contributed by atoms with E-state index < -0.39 is 10.6 Å². The lowest BCUT2D eigenvalue weighted by Crippen LogP contribution is -2.38. The van der Waals surface area contributed by atoms with Crippen molar-refractivity contribution >= 4 is 16.3 Å². The molecule has 1 heterocycles. The van der Waals surface area contributed by atoms with Gasteiger partial charge in [0.15, 0.2) is 0 Å². The van der Waals surface area contributed by atoms with E-state index in [0.29, 0.717) is 19.0 Å². The summed E-state index contributed by atoms with van der Waals surface area (Å²) in [6, 6.07) is 8.04. The van der Waals surface area contributed by atoms with Gasteiger partial charge in [0.25, 0.3) is 0 Å². The number of hydrogen-bond donors (Lipinski definition) is 0. The quantitative estimate of drug-likeness (QED) is 0.713. The van der Waals surface area contributed by atoms with Gasteiger partial charge in [0, 0.05) is 18.8 Å². The summed E-state index contributed by atoms with van der Waals surface area (Å²) in [7, 11) is -2.83. The molecule has 5 heteroatoms. The van der Waals surface area contributed by atoms with Gasteiger partial charge in [-0.3, -0.25) is 0 Å². The van der Waals surface area contributed by atoms with E-state index in [1.807, 2.05) is 24.3 Å². The molecule has 0 aromatic heterocycles. The van der Waals surface area contributed by atoms with Crippen LogP contribution < -0.4 is 9.64 Å². The minimum absolute atomic E-state index is 0.251. The van der Waals surface area contributed by atoms with Crippen molar-refractivity contribution in [3.05, 3.63) is 24.3 Å². The monoisotopic (exact) mass is 339 g/mol. The summed E-state index contributed by atoms with van der Waals surface area (Å²) in [4.78, 5) is 2.13. The van der Waals surface area contributed by atoms with Crippen molar-refractivity contribution in [1.82, 2.24) is 0 Å².